The zero-order valence-electron chi connectivity index (χ0n) is 10.1. The highest BCUT2D eigenvalue weighted by Crippen LogP contribution is 2.36. The minimum absolute atomic E-state index is 0.0146. The van der Waals surface area contributed by atoms with Crippen LogP contribution in [-0.4, -0.2) is 6.61 Å². The smallest absolute Gasteiger partial charge is 0.0986 e. The van der Waals surface area contributed by atoms with Crippen molar-refractivity contribution in [2.45, 2.75) is 33.3 Å². The summed E-state index contributed by atoms with van der Waals surface area (Å²) in [5.74, 6) is 0.0146. The normalized spacial score (nSPS) is 24.4. The summed E-state index contributed by atoms with van der Waals surface area (Å²) in [6, 6.07) is 6.70. The molecular weight excluding hydrogens is 198 g/mol. The van der Waals surface area contributed by atoms with Crippen LogP contribution in [0.1, 0.15) is 34.8 Å². The topological polar surface area (TPSA) is 33.0 Å². The monoisotopic (exact) mass is 215 g/mol. The molecule has 2 atom stereocenters. The van der Waals surface area contributed by atoms with Gasteiger partial charge in [0.25, 0.3) is 0 Å². The molecule has 2 unspecified atom stereocenters. The molecule has 2 rings (SSSR count). The molecule has 0 aromatic heterocycles. The number of aryl methyl sites for hydroxylation is 3. The van der Waals surface area contributed by atoms with E-state index in [1.54, 1.807) is 0 Å². The molecule has 0 N–H and O–H groups in total. The second-order valence-electron chi connectivity index (χ2n) is 4.61. The van der Waals surface area contributed by atoms with E-state index in [4.69, 9.17) is 10.00 Å². The second kappa shape index (κ2) is 4.27. The third-order valence-corrected chi connectivity index (χ3v) is 3.45. The molecular formula is C14H17NO. The summed E-state index contributed by atoms with van der Waals surface area (Å²) in [7, 11) is 0. The molecule has 0 radical (unpaired) electrons. The third-order valence-electron chi connectivity index (χ3n) is 3.45. The largest absolute Gasteiger partial charge is 0.372 e. The van der Waals surface area contributed by atoms with Crippen LogP contribution < -0.4 is 0 Å². The third kappa shape index (κ3) is 1.83. The van der Waals surface area contributed by atoms with Gasteiger partial charge in [0, 0.05) is 6.61 Å². The Labute approximate surface area is 96.9 Å². The maximum Gasteiger partial charge on any atom is 0.0986 e. The summed E-state index contributed by atoms with van der Waals surface area (Å²) in [5, 5.41) is 9.08. The first-order valence-electron chi connectivity index (χ1n) is 5.72. The van der Waals surface area contributed by atoms with Crippen molar-refractivity contribution in [3.8, 4) is 6.07 Å². The highest BCUT2D eigenvalue weighted by Gasteiger charge is 2.30. The van der Waals surface area contributed by atoms with Gasteiger partial charge in [-0.25, -0.2) is 0 Å². The van der Waals surface area contributed by atoms with Crippen LogP contribution in [0.5, 0.6) is 0 Å². The second-order valence-corrected chi connectivity index (χ2v) is 4.61. The van der Waals surface area contributed by atoms with Crippen LogP contribution >= 0.6 is 0 Å². The first kappa shape index (κ1) is 11.2. The number of rotatable bonds is 1. The lowest BCUT2D eigenvalue weighted by atomic mass is 9.91. The van der Waals surface area contributed by atoms with Gasteiger partial charge in [-0.15, -0.1) is 0 Å². The first-order chi connectivity index (χ1) is 7.63. The molecule has 0 aliphatic carbocycles. The molecule has 0 bridgehead atoms. The van der Waals surface area contributed by atoms with Crippen LogP contribution in [0.15, 0.2) is 12.1 Å². The summed E-state index contributed by atoms with van der Waals surface area (Å²) in [6.07, 6.45) is 0.831. The molecule has 1 fully saturated rings. The summed E-state index contributed by atoms with van der Waals surface area (Å²) >= 11 is 0. The molecule has 0 amide bonds. The fraction of sp³-hybridized carbons (Fsp3) is 0.500. The van der Waals surface area contributed by atoms with Crippen LogP contribution in [0.25, 0.3) is 0 Å². The predicted molar refractivity (Wildman–Crippen MR) is 63.1 cm³/mol. The van der Waals surface area contributed by atoms with Crippen molar-refractivity contribution in [1.29, 1.82) is 5.26 Å². The van der Waals surface area contributed by atoms with Gasteiger partial charge in [-0.05, 0) is 49.4 Å². The average molecular weight is 215 g/mol. The van der Waals surface area contributed by atoms with Crippen molar-refractivity contribution in [2.24, 2.45) is 5.92 Å². The minimum Gasteiger partial charge on any atom is -0.372 e. The van der Waals surface area contributed by atoms with Gasteiger partial charge in [0.15, 0.2) is 0 Å². The molecule has 16 heavy (non-hydrogen) atoms. The molecule has 0 spiro atoms. The van der Waals surface area contributed by atoms with Crippen molar-refractivity contribution < 1.29 is 4.74 Å². The van der Waals surface area contributed by atoms with Crippen molar-refractivity contribution in [1.82, 2.24) is 0 Å². The Balaban J connectivity index is 2.41. The maximum absolute atomic E-state index is 9.08. The van der Waals surface area contributed by atoms with Gasteiger partial charge >= 0.3 is 0 Å². The zero-order valence-corrected chi connectivity index (χ0v) is 10.1. The molecule has 1 aliphatic rings. The van der Waals surface area contributed by atoms with E-state index in [-0.39, 0.29) is 12.0 Å². The molecule has 1 aromatic rings. The van der Waals surface area contributed by atoms with E-state index in [0.717, 1.165) is 6.42 Å². The Bertz CT molecular complexity index is 445. The quantitative estimate of drug-likeness (QED) is 0.720. The van der Waals surface area contributed by atoms with Crippen LogP contribution in [-0.2, 0) is 4.74 Å². The number of hydrogen-bond donors (Lipinski definition) is 0. The average Bonchev–Trinajstić information content (AvgIpc) is 2.71. The van der Waals surface area contributed by atoms with Crippen LogP contribution in [0, 0.1) is 38.0 Å². The minimum atomic E-state index is -0.0238. The summed E-state index contributed by atoms with van der Waals surface area (Å²) in [4.78, 5) is 0. The summed E-state index contributed by atoms with van der Waals surface area (Å²) in [6.45, 7) is 7.02. The van der Waals surface area contributed by atoms with Crippen molar-refractivity contribution in [2.75, 3.05) is 6.61 Å². The summed E-state index contributed by atoms with van der Waals surface area (Å²) < 4.78 is 5.70. The van der Waals surface area contributed by atoms with Crippen LogP contribution in [0.3, 0.4) is 0 Å². The highest BCUT2D eigenvalue weighted by molar-refractivity contribution is 5.38. The van der Waals surface area contributed by atoms with Crippen LogP contribution in [0.2, 0.25) is 0 Å². The van der Waals surface area contributed by atoms with Crippen LogP contribution in [0.4, 0.5) is 0 Å². The van der Waals surface area contributed by atoms with Gasteiger partial charge in [0.05, 0.1) is 18.1 Å². The molecule has 1 saturated heterocycles. The Morgan fingerprint density at radius 3 is 2.56 bits per heavy atom. The number of nitriles is 1. The lowest BCUT2D eigenvalue weighted by molar-refractivity contribution is 0.100. The van der Waals surface area contributed by atoms with Gasteiger partial charge in [-0.2, -0.15) is 5.26 Å². The van der Waals surface area contributed by atoms with E-state index in [2.05, 4.69) is 39.0 Å². The lowest BCUT2D eigenvalue weighted by Crippen LogP contribution is -2.08. The molecule has 2 nitrogen and oxygen atoms in total. The molecule has 1 heterocycles. The molecule has 2 heteroatoms. The van der Waals surface area contributed by atoms with E-state index in [1.807, 2.05) is 0 Å². The van der Waals surface area contributed by atoms with E-state index in [1.165, 1.54) is 22.3 Å². The Morgan fingerprint density at radius 1 is 1.19 bits per heavy atom. The SMILES string of the molecule is Cc1cc(C)c(C2OCCC2C#N)cc1C. The molecule has 0 saturated carbocycles. The number of hydrogen-bond acceptors (Lipinski definition) is 2. The summed E-state index contributed by atoms with van der Waals surface area (Å²) in [5.41, 5.74) is 4.99. The maximum atomic E-state index is 9.08. The van der Waals surface area contributed by atoms with E-state index in [9.17, 15) is 0 Å². The standard InChI is InChI=1S/C14H17NO/c1-9-6-11(3)13(7-10(9)2)14-12(8-15)4-5-16-14/h6-7,12,14H,4-5H2,1-3H3. The van der Waals surface area contributed by atoms with Gasteiger partial charge in [0.2, 0.25) is 0 Å². The van der Waals surface area contributed by atoms with Crippen molar-refractivity contribution in [3.05, 3.63) is 34.4 Å². The Hall–Kier alpha value is -1.33. The van der Waals surface area contributed by atoms with Gasteiger partial charge in [-0.1, -0.05) is 12.1 Å². The number of ether oxygens (including phenoxy) is 1. The molecule has 1 aliphatic heterocycles. The molecule has 84 valence electrons. The highest BCUT2D eigenvalue weighted by atomic mass is 16.5. The van der Waals surface area contributed by atoms with E-state index >= 15 is 0 Å². The van der Waals surface area contributed by atoms with Gasteiger partial charge in [0.1, 0.15) is 0 Å². The fourth-order valence-electron chi connectivity index (χ4n) is 2.32. The lowest BCUT2D eigenvalue weighted by Gasteiger charge is -2.17. The Kier molecular flexibility index (Phi) is 2.98. The first-order valence-corrected chi connectivity index (χ1v) is 5.72. The fourth-order valence-corrected chi connectivity index (χ4v) is 2.32. The number of benzene rings is 1. The molecule has 1 aromatic carbocycles. The Morgan fingerprint density at radius 2 is 1.88 bits per heavy atom. The van der Waals surface area contributed by atoms with E-state index in [0.29, 0.717) is 6.61 Å². The zero-order chi connectivity index (χ0) is 11.7. The van der Waals surface area contributed by atoms with Crippen molar-refractivity contribution >= 4 is 0 Å². The predicted octanol–water partition coefficient (Wildman–Crippen LogP) is 3.21. The number of nitrogens with zero attached hydrogens (tertiary/aromatic N) is 1. The van der Waals surface area contributed by atoms with Crippen molar-refractivity contribution in [3.63, 3.8) is 0 Å². The van der Waals surface area contributed by atoms with Gasteiger partial charge in [-0.3, -0.25) is 0 Å². The van der Waals surface area contributed by atoms with E-state index < -0.39 is 0 Å². The van der Waals surface area contributed by atoms with Gasteiger partial charge < -0.3 is 4.74 Å².